The number of H-pyrrole nitrogens is 1. The number of hydrogen-bond donors (Lipinski definition) is 1. The van der Waals surface area contributed by atoms with E-state index in [4.69, 9.17) is 0 Å². The van der Waals surface area contributed by atoms with Gasteiger partial charge in [-0.25, -0.2) is 9.78 Å². The molecule has 0 spiro atoms. The van der Waals surface area contributed by atoms with Crippen LogP contribution in [0, 0.1) is 0 Å². The van der Waals surface area contributed by atoms with E-state index < -0.39 is 23.7 Å². The van der Waals surface area contributed by atoms with Crippen LogP contribution in [0.4, 0.5) is 13.2 Å². The predicted molar refractivity (Wildman–Crippen MR) is 39.5 cm³/mol. The van der Waals surface area contributed by atoms with Crippen LogP contribution in [0.3, 0.4) is 0 Å². The van der Waals surface area contributed by atoms with Gasteiger partial charge in [-0.2, -0.15) is 13.2 Å². The number of ether oxygens (including phenoxy) is 1. The first-order chi connectivity index (χ1) is 6.45. The molecule has 0 atom stereocenters. The molecule has 0 aliphatic rings. The number of hydrogen-bond acceptors (Lipinski definition) is 3. The summed E-state index contributed by atoms with van der Waals surface area (Å²) >= 11 is 0. The molecule has 1 heterocycles. The molecule has 1 rings (SSSR count). The van der Waals surface area contributed by atoms with E-state index in [2.05, 4.69) is 14.7 Å². The van der Waals surface area contributed by atoms with Crippen LogP contribution >= 0.6 is 0 Å². The zero-order valence-corrected chi connectivity index (χ0v) is 7.18. The highest BCUT2D eigenvalue weighted by molar-refractivity contribution is 5.85. The van der Waals surface area contributed by atoms with Gasteiger partial charge in [-0.15, -0.1) is 0 Å². The molecule has 0 amide bonds. The fourth-order valence-corrected chi connectivity index (χ4v) is 0.771. The molecule has 1 aromatic heterocycles. The normalized spacial score (nSPS) is 11.4. The van der Waals surface area contributed by atoms with E-state index in [1.165, 1.54) is 0 Å². The van der Waals surface area contributed by atoms with Gasteiger partial charge in [0.15, 0.2) is 5.69 Å². The number of halogens is 3. The van der Waals surface area contributed by atoms with Crippen LogP contribution in [0.1, 0.15) is 23.2 Å². The van der Waals surface area contributed by atoms with Crippen molar-refractivity contribution in [2.45, 2.75) is 13.1 Å². The molecular weight excluding hydrogens is 201 g/mol. The molecule has 78 valence electrons. The van der Waals surface area contributed by atoms with Crippen molar-refractivity contribution < 1.29 is 22.7 Å². The molecule has 0 unspecified atom stereocenters. The molecule has 7 heteroatoms. The number of aromatic nitrogens is 2. The van der Waals surface area contributed by atoms with Gasteiger partial charge in [-0.1, -0.05) is 0 Å². The number of aromatic amines is 1. The maximum atomic E-state index is 12.0. The minimum Gasteiger partial charge on any atom is -0.460 e. The lowest BCUT2D eigenvalue weighted by molar-refractivity contribution is -0.140. The second-order valence-electron chi connectivity index (χ2n) is 2.35. The van der Waals surface area contributed by atoms with Gasteiger partial charge in [0.2, 0.25) is 5.82 Å². The molecule has 0 fully saturated rings. The summed E-state index contributed by atoms with van der Waals surface area (Å²) in [5.74, 6) is -1.35. The Labute approximate surface area is 77.1 Å². The molecule has 0 radical (unpaired) electrons. The zero-order chi connectivity index (χ0) is 10.8. The third kappa shape index (κ3) is 2.24. The maximum Gasteiger partial charge on any atom is 0.434 e. The van der Waals surface area contributed by atoms with Crippen molar-refractivity contribution in [2.75, 3.05) is 6.61 Å². The van der Waals surface area contributed by atoms with Crippen LogP contribution in [0.5, 0.6) is 0 Å². The Morgan fingerprint density at radius 1 is 1.64 bits per heavy atom. The molecule has 0 saturated carbocycles. The van der Waals surface area contributed by atoms with Crippen LogP contribution in [0.25, 0.3) is 0 Å². The molecule has 1 N–H and O–H groups in total. The quantitative estimate of drug-likeness (QED) is 0.751. The van der Waals surface area contributed by atoms with Gasteiger partial charge in [0, 0.05) is 6.20 Å². The molecule has 0 bridgehead atoms. The molecular formula is C7H7F3N2O2. The third-order valence-corrected chi connectivity index (χ3v) is 1.34. The fourth-order valence-electron chi connectivity index (χ4n) is 0.771. The Morgan fingerprint density at radius 3 is 2.71 bits per heavy atom. The van der Waals surface area contributed by atoms with Gasteiger partial charge in [-0.05, 0) is 6.92 Å². The highest BCUT2D eigenvalue weighted by Gasteiger charge is 2.34. The number of imidazole rings is 1. The van der Waals surface area contributed by atoms with E-state index in [9.17, 15) is 18.0 Å². The van der Waals surface area contributed by atoms with Crippen molar-refractivity contribution in [3.05, 3.63) is 17.7 Å². The molecule has 4 nitrogen and oxygen atoms in total. The van der Waals surface area contributed by atoms with Crippen molar-refractivity contribution in [3.8, 4) is 0 Å². The molecule has 14 heavy (non-hydrogen) atoms. The zero-order valence-electron chi connectivity index (χ0n) is 7.18. The lowest BCUT2D eigenvalue weighted by Gasteiger charge is -1.99. The molecule has 0 aliphatic carbocycles. The van der Waals surface area contributed by atoms with Crippen molar-refractivity contribution >= 4 is 5.97 Å². The number of nitrogens with one attached hydrogen (secondary N) is 1. The average Bonchev–Trinajstić information content (AvgIpc) is 2.51. The van der Waals surface area contributed by atoms with Crippen molar-refractivity contribution in [1.29, 1.82) is 0 Å². The van der Waals surface area contributed by atoms with E-state index in [-0.39, 0.29) is 6.61 Å². The maximum absolute atomic E-state index is 12.0. The topological polar surface area (TPSA) is 55.0 Å². The minimum absolute atomic E-state index is 0.0842. The van der Waals surface area contributed by atoms with E-state index >= 15 is 0 Å². The van der Waals surface area contributed by atoms with E-state index in [0.717, 1.165) is 0 Å². The molecule has 0 aromatic carbocycles. The summed E-state index contributed by atoms with van der Waals surface area (Å²) in [4.78, 5) is 16.0. The van der Waals surface area contributed by atoms with Crippen LogP contribution in [0.2, 0.25) is 0 Å². The summed E-state index contributed by atoms with van der Waals surface area (Å²) in [6, 6.07) is 0. The summed E-state index contributed by atoms with van der Waals surface area (Å²) in [5, 5.41) is 0. The lowest BCUT2D eigenvalue weighted by atomic mass is 10.5. The van der Waals surface area contributed by atoms with E-state index in [0.29, 0.717) is 6.20 Å². The number of rotatable bonds is 2. The van der Waals surface area contributed by atoms with Gasteiger partial charge >= 0.3 is 12.1 Å². The monoisotopic (exact) mass is 208 g/mol. The third-order valence-electron chi connectivity index (χ3n) is 1.34. The second kappa shape index (κ2) is 3.69. The lowest BCUT2D eigenvalue weighted by Crippen LogP contribution is -2.09. The summed E-state index contributed by atoms with van der Waals surface area (Å²) < 4.78 is 40.5. The van der Waals surface area contributed by atoms with Crippen molar-refractivity contribution in [2.24, 2.45) is 0 Å². The van der Waals surface area contributed by atoms with Crippen LogP contribution < -0.4 is 0 Å². The summed E-state index contributed by atoms with van der Waals surface area (Å²) in [6.45, 7) is 1.63. The minimum atomic E-state index is -4.55. The van der Waals surface area contributed by atoms with Gasteiger partial charge in [0.25, 0.3) is 0 Å². The number of nitrogens with zero attached hydrogens (tertiary/aromatic N) is 1. The van der Waals surface area contributed by atoms with Gasteiger partial charge in [0.1, 0.15) is 0 Å². The number of alkyl halides is 3. The first-order valence-electron chi connectivity index (χ1n) is 3.75. The van der Waals surface area contributed by atoms with Gasteiger partial charge in [-0.3, -0.25) is 0 Å². The highest BCUT2D eigenvalue weighted by Crippen LogP contribution is 2.27. The Hall–Kier alpha value is -1.53. The van der Waals surface area contributed by atoms with Crippen molar-refractivity contribution in [1.82, 2.24) is 9.97 Å². The number of esters is 1. The van der Waals surface area contributed by atoms with Crippen LogP contribution in [-0.4, -0.2) is 22.5 Å². The average molecular weight is 208 g/mol. The summed E-state index contributed by atoms with van der Waals surface area (Å²) in [7, 11) is 0. The fraction of sp³-hybridized carbons (Fsp3) is 0.429. The summed E-state index contributed by atoms with van der Waals surface area (Å²) in [5.41, 5.74) is -1.14. The Kier molecular flexibility index (Phi) is 2.78. The first kappa shape index (κ1) is 10.6. The standard InChI is InChI=1S/C7H7F3N2O2/c1-2-14-6(13)5-11-3-4(12-5)7(8,9)10/h3H,2H2,1H3,(H,11,12). The summed E-state index contributed by atoms with van der Waals surface area (Å²) in [6.07, 6.45) is -3.94. The Balaban J connectivity index is 2.83. The van der Waals surface area contributed by atoms with Crippen LogP contribution in [-0.2, 0) is 10.9 Å². The SMILES string of the molecule is CCOC(=O)c1nc(C(F)(F)F)c[nH]1. The second-order valence-corrected chi connectivity index (χ2v) is 2.35. The molecule has 1 aromatic rings. The molecule has 0 aliphatic heterocycles. The first-order valence-corrected chi connectivity index (χ1v) is 3.75. The largest absolute Gasteiger partial charge is 0.460 e. The van der Waals surface area contributed by atoms with Gasteiger partial charge < -0.3 is 9.72 Å². The Morgan fingerprint density at radius 2 is 2.29 bits per heavy atom. The smallest absolute Gasteiger partial charge is 0.434 e. The molecule has 0 saturated heterocycles. The van der Waals surface area contributed by atoms with E-state index in [1.54, 1.807) is 6.92 Å². The Bertz CT molecular complexity index is 332. The number of carbonyl (C=O) groups excluding carboxylic acids is 1. The highest BCUT2D eigenvalue weighted by atomic mass is 19.4. The van der Waals surface area contributed by atoms with Crippen molar-refractivity contribution in [3.63, 3.8) is 0 Å². The van der Waals surface area contributed by atoms with E-state index in [1.807, 2.05) is 0 Å². The predicted octanol–water partition coefficient (Wildman–Crippen LogP) is 1.61. The van der Waals surface area contributed by atoms with Crippen LogP contribution in [0.15, 0.2) is 6.20 Å². The number of carbonyl (C=O) groups is 1. The van der Waals surface area contributed by atoms with Gasteiger partial charge in [0.05, 0.1) is 6.61 Å².